The Balaban J connectivity index is 2.39. The van der Waals surface area contributed by atoms with Crippen molar-refractivity contribution in [1.29, 1.82) is 0 Å². The third-order valence-electron chi connectivity index (χ3n) is 0.713. The van der Waals surface area contributed by atoms with Gasteiger partial charge in [-0.15, -0.1) is 0 Å². The first-order chi connectivity index (χ1) is 2.95. The highest BCUT2D eigenvalue weighted by Gasteiger charge is 2.29. The molecule has 6 heavy (non-hydrogen) atoms. The van der Waals surface area contributed by atoms with Gasteiger partial charge in [0.1, 0.15) is 0 Å². The third kappa shape index (κ3) is 0.479. The second-order valence-corrected chi connectivity index (χ2v) is 10.5. The topological polar surface area (TPSA) is 0 Å². The van der Waals surface area contributed by atoms with E-state index >= 15 is 0 Å². The van der Waals surface area contributed by atoms with Gasteiger partial charge in [0.25, 0.3) is 0 Å². The molecule has 32 valence electrons. The van der Waals surface area contributed by atoms with Gasteiger partial charge in [0.15, 0.2) is 0 Å². The van der Waals surface area contributed by atoms with Gasteiger partial charge in [0, 0.05) is 17.6 Å². The molecular formula is C2H2P2S2. The predicted octanol–water partition coefficient (Wildman–Crippen LogP) is 2.78. The van der Waals surface area contributed by atoms with Crippen LogP contribution < -0.4 is 0 Å². The lowest BCUT2D eigenvalue weighted by molar-refractivity contribution is 2.12. The summed E-state index contributed by atoms with van der Waals surface area (Å²) in [4.78, 5) is 0. The molecule has 0 nitrogen and oxygen atoms in total. The minimum Gasteiger partial charge on any atom is -0.0518 e. The van der Waals surface area contributed by atoms with Crippen molar-refractivity contribution in [2.75, 3.05) is 6.16 Å². The Kier molecular flexibility index (Phi) is 0.971. The molecular weight excluding hydrogens is 150 g/mol. The average Bonchev–Trinajstić information content (AvgIpc) is 1.72. The molecule has 0 aliphatic carbocycles. The maximum atomic E-state index is 2.10. The molecule has 1 unspecified atom stereocenters. The first-order valence-corrected chi connectivity index (χ1v) is 7.53. The van der Waals surface area contributed by atoms with Crippen molar-refractivity contribution in [1.82, 2.24) is 0 Å². The van der Waals surface area contributed by atoms with E-state index in [-0.39, 0.29) is 0 Å². The van der Waals surface area contributed by atoms with Gasteiger partial charge in [-0.2, -0.15) is 0 Å². The van der Waals surface area contributed by atoms with Gasteiger partial charge in [-0.25, -0.2) is 0 Å². The molecule has 0 aromatic rings. The molecule has 0 amide bonds. The second kappa shape index (κ2) is 1.39. The minimum atomic E-state index is 0.493. The Morgan fingerprint density at radius 2 is 2.67 bits per heavy atom. The zero-order chi connectivity index (χ0) is 3.98. The van der Waals surface area contributed by atoms with E-state index in [1.165, 1.54) is 6.16 Å². The van der Waals surface area contributed by atoms with Crippen LogP contribution in [0.15, 0.2) is 0 Å². The van der Waals surface area contributed by atoms with E-state index in [0.29, 0.717) is 6.81 Å². The fourth-order valence-electron chi connectivity index (χ4n) is 0.401. The Hall–Kier alpha value is 1.30. The Morgan fingerprint density at radius 1 is 1.83 bits per heavy atom. The van der Waals surface area contributed by atoms with Crippen molar-refractivity contribution in [3.8, 4) is 0 Å². The summed E-state index contributed by atoms with van der Waals surface area (Å²) in [5.41, 5.74) is 0. The van der Waals surface area contributed by atoms with Crippen LogP contribution in [0, 0.1) is 0 Å². The molecule has 0 aromatic heterocycles. The molecule has 3 aliphatic rings. The van der Waals surface area contributed by atoms with Crippen molar-refractivity contribution >= 4 is 40.5 Å². The molecule has 3 rings (SSSR count). The van der Waals surface area contributed by atoms with Gasteiger partial charge < -0.3 is 0 Å². The monoisotopic (exact) mass is 152 g/mol. The Bertz CT molecular complexity index is 106. The van der Waals surface area contributed by atoms with Crippen molar-refractivity contribution in [2.24, 2.45) is 0 Å². The zero-order valence-corrected chi connectivity index (χ0v) is 6.34. The Morgan fingerprint density at radius 3 is 2.83 bits per heavy atom. The maximum Gasteiger partial charge on any atom is 0.0301 e. The number of rotatable bonds is 0. The lowest BCUT2D eigenvalue weighted by Gasteiger charge is -2.03. The second-order valence-electron chi connectivity index (χ2n) is 1.16. The zero-order valence-electron chi connectivity index (χ0n) is 2.92. The van der Waals surface area contributed by atoms with Crippen LogP contribution in [0.25, 0.3) is 0 Å². The molecule has 3 aliphatic heterocycles. The molecule has 1 fully saturated rings. The highest BCUT2D eigenvalue weighted by Crippen LogP contribution is 2.80. The van der Waals surface area contributed by atoms with Gasteiger partial charge in [-0.3, -0.25) is 0 Å². The van der Waals surface area contributed by atoms with Crippen LogP contribution in [0.1, 0.15) is 0 Å². The van der Waals surface area contributed by atoms with Gasteiger partial charge in [-0.05, 0) is 0 Å². The first-order valence-electron chi connectivity index (χ1n) is 1.65. The van der Waals surface area contributed by atoms with Crippen LogP contribution in [0.3, 0.4) is 0 Å². The number of hydrogen-bond donors (Lipinski definition) is 0. The van der Waals surface area contributed by atoms with E-state index in [1.807, 2.05) is 10.8 Å². The smallest absolute Gasteiger partial charge is 0.0301 e. The molecule has 0 saturated carbocycles. The first kappa shape index (κ1) is 4.21. The molecule has 1 atom stereocenters. The molecule has 0 spiro atoms. The lowest BCUT2D eigenvalue weighted by Crippen LogP contribution is -1.87. The fraction of sp³-hybridized carbons (Fsp3) is 0.500. The molecule has 1 saturated heterocycles. The van der Waals surface area contributed by atoms with Crippen molar-refractivity contribution in [2.45, 2.75) is 0 Å². The predicted molar refractivity (Wildman–Crippen MR) is 38.9 cm³/mol. The average molecular weight is 152 g/mol. The van der Waals surface area contributed by atoms with Crippen molar-refractivity contribution in [3.05, 3.63) is 0 Å². The van der Waals surface area contributed by atoms with Crippen molar-refractivity contribution < 1.29 is 0 Å². The SMILES string of the molecule is C1C2=PP1SS2. The van der Waals surface area contributed by atoms with Gasteiger partial charge in [-0.1, -0.05) is 29.1 Å². The van der Waals surface area contributed by atoms with E-state index in [0.717, 1.165) is 0 Å². The number of fused-ring (bicyclic) bond motifs is 1. The molecule has 0 N–H and O–H groups in total. The summed E-state index contributed by atoms with van der Waals surface area (Å²) >= 11 is 0. The molecule has 3 heterocycles. The van der Waals surface area contributed by atoms with Gasteiger partial charge in [0.05, 0.1) is 0 Å². The third-order valence-corrected chi connectivity index (χ3v) is 12.6. The molecule has 4 heteroatoms. The molecule has 0 radical (unpaired) electrons. The van der Waals surface area contributed by atoms with Crippen LogP contribution in [0.5, 0.6) is 0 Å². The van der Waals surface area contributed by atoms with Gasteiger partial charge in [0.2, 0.25) is 0 Å². The van der Waals surface area contributed by atoms with E-state index in [1.54, 1.807) is 12.5 Å². The normalized spacial score (nSPS) is 41.3. The van der Waals surface area contributed by atoms with E-state index in [2.05, 4.69) is 10.4 Å². The summed E-state index contributed by atoms with van der Waals surface area (Å²) in [7, 11) is 5.82. The van der Waals surface area contributed by atoms with E-state index in [4.69, 9.17) is 0 Å². The summed E-state index contributed by atoms with van der Waals surface area (Å²) in [5.74, 6) is 0. The summed E-state index contributed by atoms with van der Waals surface area (Å²) in [6.45, 7) is 0.493. The maximum absolute atomic E-state index is 2.10. The highest BCUT2D eigenvalue weighted by atomic mass is 33.4. The Labute approximate surface area is 47.1 Å². The summed E-state index contributed by atoms with van der Waals surface area (Å²) in [6, 6.07) is 0. The van der Waals surface area contributed by atoms with Crippen LogP contribution >= 0.6 is 35.9 Å². The minimum absolute atomic E-state index is 0.493. The summed E-state index contributed by atoms with van der Waals surface area (Å²) in [5, 5.41) is 0. The lowest BCUT2D eigenvalue weighted by atomic mass is 10.9. The van der Waals surface area contributed by atoms with Gasteiger partial charge >= 0.3 is 0 Å². The van der Waals surface area contributed by atoms with Crippen molar-refractivity contribution in [3.63, 3.8) is 0 Å². The van der Waals surface area contributed by atoms with Crippen LogP contribution in [-0.2, 0) is 0 Å². The standard InChI is InChI=1S/C2H2P2S2/c1-2-3-4(1)6-5-2/h1H2. The van der Waals surface area contributed by atoms with Crippen LogP contribution in [0.4, 0.5) is 0 Å². The molecule has 2 bridgehead atoms. The summed E-state index contributed by atoms with van der Waals surface area (Å²) in [6.07, 6.45) is 1.48. The van der Waals surface area contributed by atoms with Crippen LogP contribution in [-0.4, -0.2) is 10.8 Å². The largest absolute Gasteiger partial charge is 0.0518 e. The summed E-state index contributed by atoms with van der Waals surface area (Å²) < 4.78 is 1.73. The molecule has 0 aromatic carbocycles. The fourth-order valence-corrected chi connectivity index (χ4v) is 14.1. The van der Waals surface area contributed by atoms with Crippen LogP contribution in [0.2, 0.25) is 0 Å². The highest BCUT2D eigenvalue weighted by molar-refractivity contribution is 9.15. The van der Waals surface area contributed by atoms with E-state index in [9.17, 15) is 0 Å². The number of hydrogen-bond acceptors (Lipinski definition) is 2. The quantitative estimate of drug-likeness (QED) is 0.386. The van der Waals surface area contributed by atoms with E-state index < -0.39 is 0 Å².